The third-order valence-corrected chi connectivity index (χ3v) is 4.09. The second-order valence-electron chi connectivity index (χ2n) is 4.89. The van der Waals surface area contributed by atoms with Gasteiger partial charge in [-0.15, -0.1) is 0 Å². The van der Waals surface area contributed by atoms with Crippen LogP contribution in [0, 0.1) is 0 Å². The van der Waals surface area contributed by atoms with Crippen molar-refractivity contribution in [2.45, 2.75) is 32.7 Å². The zero-order chi connectivity index (χ0) is 14.7. The maximum Gasteiger partial charge on any atom is 0.256 e. The van der Waals surface area contributed by atoms with Crippen molar-refractivity contribution in [1.29, 1.82) is 0 Å². The van der Waals surface area contributed by atoms with Gasteiger partial charge in [-0.2, -0.15) is 0 Å². The van der Waals surface area contributed by atoms with Crippen LogP contribution in [0.2, 0.25) is 5.15 Å². The SMILES string of the molecule is CCC(CC)N(C)C(=O)c1cnc(Cl)c2ccccc12. The highest BCUT2D eigenvalue weighted by atomic mass is 35.5. The summed E-state index contributed by atoms with van der Waals surface area (Å²) in [4.78, 5) is 18.6. The van der Waals surface area contributed by atoms with Crippen molar-refractivity contribution in [3.63, 3.8) is 0 Å². The van der Waals surface area contributed by atoms with Crippen LogP contribution in [0.4, 0.5) is 0 Å². The second-order valence-corrected chi connectivity index (χ2v) is 5.25. The lowest BCUT2D eigenvalue weighted by atomic mass is 10.1. The van der Waals surface area contributed by atoms with Crippen LogP contribution < -0.4 is 0 Å². The van der Waals surface area contributed by atoms with Gasteiger partial charge < -0.3 is 4.90 Å². The summed E-state index contributed by atoms with van der Waals surface area (Å²) >= 11 is 6.09. The Balaban J connectivity index is 2.48. The molecule has 1 heterocycles. The highest BCUT2D eigenvalue weighted by Gasteiger charge is 2.21. The molecule has 1 aromatic carbocycles. The van der Waals surface area contributed by atoms with Crippen LogP contribution in [0.3, 0.4) is 0 Å². The molecule has 0 aliphatic rings. The largest absolute Gasteiger partial charge is 0.339 e. The molecule has 0 atom stereocenters. The van der Waals surface area contributed by atoms with Gasteiger partial charge in [-0.25, -0.2) is 4.98 Å². The Morgan fingerprint density at radius 3 is 2.45 bits per heavy atom. The molecular formula is C16H19ClN2O. The van der Waals surface area contributed by atoms with E-state index >= 15 is 0 Å². The van der Waals surface area contributed by atoms with Gasteiger partial charge in [-0.05, 0) is 18.2 Å². The van der Waals surface area contributed by atoms with E-state index in [4.69, 9.17) is 11.6 Å². The lowest BCUT2D eigenvalue weighted by Gasteiger charge is -2.26. The summed E-state index contributed by atoms with van der Waals surface area (Å²) in [5.74, 6) is -0.000864. The van der Waals surface area contributed by atoms with E-state index in [0.717, 1.165) is 23.6 Å². The quantitative estimate of drug-likeness (QED) is 0.793. The number of aromatic nitrogens is 1. The van der Waals surface area contributed by atoms with Crippen LogP contribution in [0.5, 0.6) is 0 Å². The van der Waals surface area contributed by atoms with E-state index in [1.807, 2.05) is 31.3 Å². The Labute approximate surface area is 124 Å². The normalized spacial score (nSPS) is 11.1. The highest BCUT2D eigenvalue weighted by Crippen LogP contribution is 2.25. The second kappa shape index (κ2) is 6.23. The zero-order valence-corrected chi connectivity index (χ0v) is 12.8. The van der Waals surface area contributed by atoms with Crippen LogP contribution in [0.1, 0.15) is 37.0 Å². The average Bonchev–Trinajstić information content (AvgIpc) is 2.48. The predicted octanol–water partition coefficient (Wildman–Crippen LogP) is 4.15. The topological polar surface area (TPSA) is 33.2 Å². The number of hydrogen-bond acceptors (Lipinski definition) is 2. The van der Waals surface area contributed by atoms with Crippen molar-refractivity contribution in [2.24, 2.45) is 0 Å². The van der Waals surface area contributed by atoms with Crippen molar-refractivity contribution in [2.75, 3.05) is 7.05 Å². The first kappa shape index (κ1) is 14.8. The molecule has 1 aromatic heterocycles. The molecule has 2 aromatic rings. The minimum absolute atomic E-state index is 0.000864. The molecule has 0 aliphatic heterocycles. The number of nitrogens with zero attached hydrogens (tertiary/aromatic N) is 2. The monoisotopic (exact) mass is 290 g/mol. The van der Waals surface area contributed by atoms with Crippen molar-refractivity contribution in [3.8, 4) is 0 Å². The van der Waals surface area contributed by atoms with Gasteiger partial charge in [0.25, 0.3) is 5.91 Å². The summed E-state index contributed by atoms with van der Waals surface area (Å²) in [5.41, 5.74) is 0.611. The summed E-state index contributed by atoms with van der Waals surface area (Å²) in [7, 11) is 1.85. The summed E-state index contributed by atoms with van der Waals surface area (Å²) in [6.07, 6.45) is 3.46. The van der Waals surface area contributed by atoms with Gasteiger partial charge in [-0.1, -0.05) is 49.7 Å². The molecule has 0 saturated heterocycles. The van der Waals surface area contributed by atoms with Crippen molar-refractivity contribution in [1.82, 2.24) is 9.88 Å². The Kier molecular flexibility index (Phi) is 4.61. The number of hydrogen-bond donors (Lipinski definition) is 0. The third-order valence-electron chi connectivity index (χ3n) is 3.79. The summed E-state index contributed by atoms with van der Waals surface area (Å²) in [5, 5.41) is 2.11. The van der Waals surface area contributed by atoms with Crippen LogP contribution in [0.25, 0.3) is 10.8 Å². The van der Waals surface area contributed by atoms with Gasteiger partial charge in [0.2, 0.25) is 0 Å². The van der Waals surface area contributed by atoms with E-state index < -0.39 is 0 Å². The molecule has 1 amide bonds. The maximum atomic E-state index is 12.7. The van der Waals surface area contributed by atoms with Gasteiger partial charge in [0.1, 0.15) is 5.15 Å². The fourth-order valence-electron chi connectivity index (χ4n) is 2.52. The zero-order valence-electron chi connectivity index (χ0n) is 12.1. The number of rotatable bonds is 4. The molecule has 3 nitrogen and oxygen atoms in total. The lowest BCUT2D eigenvalue weighted by molar-refractivity contribution is 0.0725. The standard InChI is InChI=1S/C16H19ClN2O/c1-4-11(5-2)19(3)16(20)14-10-18-15(17)13-9-7-6-8-12(13)14/h6-11H,4-5H2,1-3H3. The molecule has 0 unspecified atom stereocenters. The summed E-state index contributed by atoms with van der Waals surface area (Å²) in [6, 6.07) is 7.86. The predicted molar refractivity (Wildman–Crippen MR) is 83.2 cm³/mol. The molecule has 2 rings (SSSR count). The minimum Gasteiger partial charge on any atom is -0.339 e. The van der Waals surface area contributed by atoms with E-state index in [1.165, 1.54) is 0 Å². The third kappa shape index (κ3) is 2.63. The Morgan fingerprint density at radius 1 is 1.25 bits per heavy atom. The number of pyridine rings is 1. The van der Waals surface area contributed by atoms with Crippen LogP contribution in [0.15, 0.2) is 30.5 Å². The molecule has 0 fully saturated rings. The highest BCUT2D eigenvalue weighted by molar-refractivity contribution is 6.34. The molecule has 4 heteroatoms. The first-order valence-electron chi connectivity index (χ1n) is 6.90. The lowest BCUT2D eigenvalue weighted by Crippen LogP contribution is -2.36. The molecular weight excluding hydrogens is 272 g/mol. The Bertz CT molecular complexity index is 623. The van der Waals surface area contributed by atoms with Crippen molar-refractivity contribution < 1.29 is 4.79 Å². The van der Waals surface area contributed by atoms with Gasteiger partial charge >= 0.3 is 0 Å². The number of benzene rings is 1. The van der Waals surface area contributed by atoms with Crippen molar-refractivity contribution in [3.05, 3.63) is 41.2 Å². The van der Waals surface area contributed by atoms with E-state index in [2.05, 4.69) is 18.8 Å². The first-order chi connectivity index (χ1) is 9.60. The van der Waals surface area contributed by atoms with Gasteiger partial charge in [0.05, 0.1) is 5.56 Å². The first-order valence-corrected chi connectivity index (χ1v) is 7.28. The molecule has 0 radical (unpaired) electrons. The number of halogens is 1. The molecule has 0 N–H and O–H groups in total. The average molecular weight is 291 g/mol. The number of carbonyl (C=O) groups excluding carboxylic acids is 1. The Morgan fingerprint density at radius 2 is 1.85 bits per heavy atom. The van der Waals surface area contributed by atoms with E-state index in [9.17, 15) is 4.79 Å². The van der Waals surface area contributed by atoms with Gasteiger partial charge in [-0.3, -0.25) is 4.79 Å². The molecule has 20 heavy (non-hydrogen) atoms. The number of amides is 1. The number of fused-ring (bicyclic) bond motifs is 1. The Hall–Kier alpha value is -1.61. The maximum absolute atomic E-state index is 12.7. The molecule has 0 saturated carbocycles. The van der Waals surface area contributed by atoms with E-state index in [0.29, 0.717) is 10.7 Å². The summed E-state index contributed by atoms with van der Waals surface area (Å²) in [6.45, 7) is 4.19. The molecule has 0 bridgehead atoms. The fraction of sp³-hybridized carbons (Fsp3) is 0.375. The van der Waals surface area contributed by atoms with Gasteiger partial charge in [0, 0.05) is 24.7 Å². The molecule has 0 spiro atoms. The van der Waals surface area contributed by atoms with Crippen LogP contribution in [-0.2, 0) is 0 Å². The van der Waals surface area contributed by atoms with E-state index in [1.54, 1.807) is 11.1 Å². The molecule has 106 valence electrons. The van der Waals surface area contributed by atoms with Crippen molar-refractivity contribution >= 4 is 28.3 Å². The minimum atomic E-state index is -0.000864. The number of carbonyl (C=O) groups is 1. The van der Waals surface area contributed by atoms with Gasteiger partial charge in [0.15, 0.2) is 0 Å². The van der Waals surface area contributed by atoms with E-state index in [-0.39, 0.29) is 11.9 Å². The van der Waals surface area contributed by atoms with Crippen LogP contribution >= 0.6 is 11.6 Å². The summed E-state index contributed by atoms with van der Waals surface area (Å²) < 4.78 is 0. The fourth-order valence-corrected chi connectivity index (χ4v) is 2.73. The smallest absolute Gasteiger partial charge is 0.256 e. The molecule has 0 aliphatic carbocycles. The van der Waals surface area contributed by atoms with Crippen LogP contribution in [-0.4, -0.2) is 28.9 Å².